The number of nitrogens with one attached hydrogen (secondary N) is 1. The number of nitrogens with zero attached hydrogens (tertiary/aromatic N) is 2. The Bertz CT molecular complexity index is 442. The van der Waals surface area contributed by atoms with Gasteiger partial charge in [-0.3, -0.25) is 4.79 Å². The van der Waals surface area contributed by atoms with E-state index in [1.54, 1.807) is 0 Å². The van der Waals surface area contributed by atoms with Gasteiger partial charge >= 0.3 is 0 Å². The van der Waals surface area contributed by atoms with Crippen molar-refractivity contribution < 1.29 is 4.79 Å². The molecule has 106 valence electrons. The van der Waals surface area contributed by atoms with Gasteiger partial charge in [-0.05, 0) is 32.1 Å². The van der Waals surface area contributed by atoms with Crippen LogP contribution in [0.2, 0.25) is 0 Å². The lowest BCUT2D eigenvalue weighted by Crippen LogP contribution is -2.33. The van der Waals surface area contributed by atoms with Crippen molar-refractivity contribution in [2.24, 2.45) is 5.92 Å². The first-order valence-electron chi connectivity index (χ1n) is 6.95. The minimum absolute atomic E-state index is 0.0351. The number of hydrogen-bond donors (Lipinski definition) is 2. The van der Waals surface area contributed by atoms with Crippen LogP contribution in [0.25, 0.3) is 0 Å². The lowest BCUT2D eigenvalue weighted by Gasteiger charge is -2.21. The Kier molecular flexibility index (Phi) is 4.63. The van der Waals surface area contributed by atoms with Crippen LogP contribution in [0, 0.1) is 5.92 Å². The zero-order valence-electron chi connectivity index (χ0n) is 11.6. The van der Waals surface area contributed by atoms with Crippen molar-refractivity contribution in [1.82, 2.24) is 9.88 Å². The number of hydrogen-bond acceptors (Lipinski definition) is 5. The van der Waals surface area contributed by atoms with Crippen LogP contribution in [0.3, 0.4) is 0 Å². The standard InChI is InChI=1S/C13H22N4OS/c1-3-7-17(8-9-5-6-9)12(18)10-11(14)16-13(19-10)15-4-2/h9H,3-8,14H2,1-2H3,(H,15,16). The van der Waals surface area contributed by atoms with Gasteiger partial charge in [-0.2, -0.15) is 0 Å². The van der Waals surface area contributed by atoms with Gasteiger partial charge in [0.25, 0.3) is 5.91 Å². The molecule has 19 heavy (non-hydrogen) atoms. The summed E-state index contributed by atoms with van der Waals surface area (Å²) in [4.78, 5) is 19.2. The van der Waals surface area contributed by atoms with Crippen molar-refractivity contribution in [1.29, 1.82) is 0 Å². The topological polar surface area (TPSA) is 71.2 Å². The molecule has 1 fully saturated rings. The summed E-state index contributed by atoms with van der Waals surface area (Å²) in [6.45, 7) is 6.52. The molecule has 0 spiro atoms. The molecular formula is C13H22N4OS. The van der Waals surface area contributed by atoms with Gasteiger partial charge in [0.05, 0.1) is 0 Å². The van der Waals surface area contributed by atoms with E-state index in [1.165, 1.54) is 24.2 Å². The summed E-state index contributed by atoms with van der Waals surface area (Å²) in [5, 5.41) is 3.83. The summed E-state index contributed by atoms with van der Waals surface area (Å²) in [7, 11) is 0. The third kappa shape index (κ3) is 3.59. The maximum Gasteiger partial charge on any atom is 0.267 e. The summed E-state index contributed by atoms with van der Waals surface area (Å²) in [6.07, 6.45) is 3.46. The molecule has 5 nitrogen and oxygen atoms in total. The molecular weight excluding hydrogens is 260 g/mol. The maximum atomic E-state index is 12.5. The van der Waals surface area contributed by atoms with Crippen LogP contribution in [0.1, 0.15) is 42.8 Å². The van der Waals surface area contributed by atoms with Gasteiger partial charge in [-0.15, -0.1) is 0 Å². The molecule has 0 aromatic carbocycles. The Balaban J connectivity index is 2.10. The van der Waals surface area contributed by atoms with Gasteiger partial charge in [-0.25, -0.2) is 4.98 Å². The minimum Gasteiger partial charge on any atom is -0.382 e. The zero-order valence-corrected chi connectivity index (χ0v) is 12.4. The van der Waals surface area contributed by atoms with E-state index in [-0.39, 0.29) is 5.91 Å². The van der Waals surface area contributed by atoms with Gasteiger partial charge in [0.1, 0.15) is 10.7 Å². The van der Waals surface area contributed by atoms with Crippen LogP contribution in [-0.2, 0) is 0 Å². The number of nitrogens with two attached hydrogens (primary N) is 1. The number of amides is 1. The molecule has 6 heteroatoms. The molecule has 1 aliphatic carbocycles. The number of anilines is 2. The lowest BCUT2D eigenvalue weighted by molar-refractivity contribution is 0.0753. The Morgan fingerprint density at radius 1 is 1.53 bits per heavy atom. The van der Waals surface area contributed by atoms with Crippen LogP contribution < -0.4 is 11.1 Å². The molecule has 1 aliphatic rings. The predicted octanol–water partition coefficient (Wildman–Crippen LogP) is 2.42. The second-order valence-electron chi connectivity index (χ2n) is 4.96. The van der Waals surface area contributed by atoms with E-state index >= 15 is 0 Å². The van der Waals surface area contributed by atoms with Crippen molar-refractivity contribution in [3.05, 3.63) is 4.88 Å². The van der Waals surface area contributed by atoms with Crippen molar-refractivity contribution >= 4 is 28.2 Å². The van der Waals surface area contributed by atoms with Gasteiger partial charge < -0.3 is 16.0 Å². The van der Waals surface area contributed by atoms with E-state index in [0.717, 1.165) is 31.2 Å². The second-order valence-corrected chi connectivity index (χ2v) is 5.96. The Labute approximate surface area is 118 Å². The maximum absolute atomic E-state index is 12.5. The number of thiazole rings is 1. The molecule has 0 saturated heterocycles. The fourth-order valence-corrected chi connectivity index (χ4v) is 2.93. The van der Waals surface area contributed by atoms with Crippen LogP contribution >= 0.6 is 11.3 Å². The fraction of sp³-hybridized carbons (Fsp3) is 0.692. The third-order valence-corrected chi connectivity index (χ3v) is 4.15. The summed E-state index contributed by atoms with van der Waals surface area (Å²) >= 11 is 1.36. The summed E-state index contributed by atoms with van der Waals surface area (Å²) in [5.41, 5.74) is 5.86. The van der Waals surface area contributed by atoms with Crippen molar-refractivity contribution in [3.63, 3.8) is 0 Å². The average molecular weight is 282 g/mol. The molecule has 0 unspecified atom stereocenters. The largest absolute Gasteiger partial charge is 0.382 e. The van der Waals surface area contributed by atoms with E-state index < -0.39 is 0 Å². The van der Waals surface area contributed by atoms with Crippen LogP contribution in [0.4, 0.5) is 10.9 Å². The number of rotatable bonds is 7. The highest BCUT2D eigenvalue weighted by Gasteiger charge is 2.28. The molecule has 3 N–H and O–H groups in total. The van der Waals surface area contributed by atoms with Crippen LogP contribution in [0.15, 0.2) is 0 Å². The van der Waals surface area contributed by atoms with E-state index in [9.17, 15) is 4.79 Å². The van der Waals surface area contributed by atoms with Gasteiger partial charge in [0.2, 0.25) is 0 Å². The molecule has 2 rings (SSSR count). The van der Waals surface area contributed by atoms with Crippen molar-refractivity contribution in [2.45, 2.75) is 33.1 Å². The first-order valence-corrected chi connectivity index (χ1v) is 7.76. The monoisotopic (exact) mass is 282 g/mol. The first-order chi connectivity index (χ1) is 9.15. The first kappa shape index (κ1) is 14.1. The number of carbonyl (C=O) groups is 1. The molecule has 0 bridgehead atoms. The predicted molar refractivity (Wildman–Crippen MR) is 79.6 cm³/mol. The second kappa shape index (κ2) is 6.23. The summed E-state index contributed by atoms with van der Waals surface area (Å²) < 4.78 is 0. The molecule has 1 aromatic heterocycles. The fourth-order valence-electron chi connectivity index (χ4n) is 2.01. The average Bonchev–Trinajstić information content (AvgIpc) is 3.11. The van der Waals surface area contributed by atoms with E-state index in [1.807, 2.05) is 11.8 Å². The van der Waals surface area contributed by atoms with Gasteiger partial charge in [0.15, 0.2) is 5.13 Å². The van der Waals surface area contributed by atoms with Crippen molar-refractivity contribution in [3.8, 4) is 0 Å². The smallest absolute Gasteiger partial charge is 0.267 e. The molecule has 1 amide bonds. The van der Waals surface area contributed by atoms with Crippen LogP contribution in [-0.4, -0.2) is 35.4 Å². The number of aromatic nitrogens is 1. The van der Waals surface area contributed by atoms with Gasteiger partial charge in [0, 0.05) is 19.6 Å². The Morgan fingerprint density at radius 2 is 2.26 bits per heavy atom. The normalized spacial score (nSPS) is 14.4. The third-order valence-electron chi connectivity index (χ3n) is 3.13. The Morgan fingerprint density at radius 3 is 2.84 bits per heavy atom. The molecule has 1 heterocycles. The highest BCUT2D eigenvalue weighted by molar-refractivity contribution is 7.18. The van der Waals surface area contributed by atoms with E-state index in [4.69, 9.17) is 5.73 Å². The molecule has 0 aliphatic heterocycles. The molecule has 1 aromatic rings. The minimum atomic E-state index is 0.0351. The summed E-state index contributed by atoms with van der Waals surface area (Å²) in [6, 6.07) is 0. The van der Waals surface area contributed by atoms with Gasteiger partial charge in [-0.1, -0.05) is 18.3 Å². The highest BCUT2D eigenvalue weighted by Crippen LogP contribution is 2.32. The number of nitrogen functional groups attached to an aromatic ring is 1. The zero-order chi connectivity index (χ0) is 13.8. The quantitative estimate of drug-likeness (QED) is 0.805. The van der Waals surface area contributed by atoms with Crippen molar-refractivity contribution in [2.75, 3.05) is 30.7 Å². The van der Waals surface area contributed by atoms with E-state index in [0.29, 0.717) is 16.6 Å². The highest BCUT2D eigenvalue weighted by atomic mass is 32.1. The Hall–Kier alpha value is -1.30. The lowest BCUT2D eigenvalue weighted by atomic mass is 10.3. The summed E-state index contributed by atoms with van der Waals surface area (Å²) in [5.74, 6) is 1.08. The SMILES string of the molecule is CCCN(CC1CC1)C(=O)c1sc(NCC)nc1N. The molecule has 0 atom stereocenters. The van der Waals surface area contributed by atoms with E-state index in [2.05, 4.69) is 17.2 Å². The molecule has 0 radical (unpaired) electrons. The van der Waals surface area contributed by atoms with Crippen LogP contribution in [0.5, 0.6) is 0 Å². The molecule has 1 saturated carbocycles. The number of carbonyl (C=O) groups excluding carboxylic acids is 1.